The number of amides is 1. The van der Waals surface area contributed by atoms with E-state index in [-0.39, 0.29) is 11.9 Å². The smallest absolute Gasteiger partial charge is 0.270 e. The van der Waals surface area contributed by atoms with Gasteiger partial charge in [-0.15, -0.1) is 0 Å². The molecule has 1 aromatic carbocycles. The molecule has 2 rings (SSSR count). The highest BCUT2D eigenvalue weighted by atomic mass is 16.1. The average molecular weight is 297 g/mol. The van der Waals surface area contributed by atoms with E-state index in [2.05, 4.69) is 41.6 Å². The fraction of sp³-hybridized carbons (Fsp3) is 0.333. The SMILES string of the molecule is CCC(C)NC(=O)c1cc(Nc2ccc(C)c(C)c2)ccn1. The lowest BCUT2D eigenvalue weighted by atomic mass is 10.1. The molecular formula is C18H23N3O. The van der Waals surface area contributed by atoms with Gasteiger partial charge in [0.2, 0.25) is 0 Å². The Morgan fingerprint density at radius 1 is 1.14 bits per heavy atom. The van der Waals surface area contributed by atoms with Crippen LogP contribution in [0.25, 0.3) is 0 Å². The number of nitrogens with zero attached hydrogens (tertiary/aromatic N) is 1. The van der Waals surface area contributed by atoms with Crippen molar-refractivity contribution in [2.75, 3.05) is 5.32 Å². The first-order valence-corrected chi connectivity index (χ1v) is 7.60. The third-order valence-electron chi connectivity index (χ3n) is 3.78. The summed E-state index contributed by atoms with van der Waals surface area (Å²) in [7, 11) is 0. The van der Waals surface area contributed by atoms with Crippen LogP contribution in [0.4, 0.5) is 11.4 Å². The van der Waals surface area contributed by atoms with Gasteiger partial charge in [0.1, 0.15) is 5.69 Å². The van der Waals surface area contributed by atoms with E-state index in [0.29, 0.717) is 5.69 Å². The molecule has 1 unspecified atom stereocenters. The number of nitrogens with one attached hydrogen (secondary N) is 2. The number of aryl methyl sites for hydroxylation is 2. The lowest BCUT2D eigenvalue weighted by molar-refractivity contribution is 0.0934. The summed E-state index contributed by atoms with van der Waals surface area (Å²) >= 11 is 0. The highest BCUT2D eigenvalue weighted by molar-refractivity contribution is 5.93. The number of carbonyl (C=O) groups is 1. The van der Waals surface area contributed by atoms with Gasteiger partial charge in [-0.3, -0.25) is 9.78 Å². The molecule has 0 fully saturated rings. The van der Waals surface area contributed by atoms with Crippen molar-refractivity contribution >= 4 is 17.3 Å². The van der Waals surface area contributed by atoms with Gasteiger partial charge < -0.3 is 10.6 Å². The third kappa shape index (κ3) is 4.07. The Labute approximate surface area is 132 Å². The van der Waals surface area contributed by atoms with Gasteiger partial charge >= 0.3 is 0 Å². The maximum absolute atomic E-state index is 12.1. The summed E-state index contributed by atoms with van der Waals surface area (Å²) in [6.07, 6.45) is 2.54. The van der Waals surface area contributed by atoms with E-state index in [4.69, 9.17) is 0 Å². The Kier molecular flexibility index (Phi) is 5.15. The first-order chi connectivity index (χ1) is 10.5. The Balaban J connectivity index is 2.14. The minimum absolute atomic E-state index is 0.141. The van der Waals surface area contributed by atoms with Gasteiger partial charge in [-0.05, 0) is 62.6 Å². The van der Waals surface area contributed by atoms with E-state index in [1.165, 1.54) is 11.1 Å². The van der Waals surface area contributed by atoms with Crippen LogP contribution in [-0.4, -0.2) is 16.9 Å². The molecule has 4 heteroatoms. The Hall–Kier alpha value is -2.36. The lowest BCUT2D eigenvalue weighted by Crippen LogP contribution is -2.32. The second-order valence-electron chi connectivity index (χ2n) is 5.64. The zero-order valence-corrected chi connectivity index (χ0v) is 13.6. The molecule has 0 spiro atoms. The molecular weight excluding hydrogens is 274 g/mol. The summed E-state index contributed by atoms with van der Waals surface area (Å²) in [5.41, 5.74) is 4.77. The Morgan fingerprint density at radius 3 is 2.55 bits per heavy atom. The molecule has 2 N–H and O–H groups in total. The molecule has 0 aliphatic heterocycles. The summed E-state index contributed by atoms with van der Waals surface area (Å²) in [5, 5.41) is 6.24. The molecule has 22 heavy (non-hydrogen) atoms. The molecule has 1 amide bonds. The van der Waals surface area contributed by atoms with Crippen molar-refractivity contribution in [1.82, 2.24) is 10.3 Å². The molecule has 1 aromatic heterocycles. The van der Waals surface area contributed by atoms with Crippen LogP contribution in [-0.2, 0) is 0 Å². The number of rotatable bonds is 5. The summed E-state index contributed by atoms with van der Waals surface area (Å²) in [6, 6.07) is 9.97. The van der Waals surface area contributed by atoms with Crippen molar-refractivity contribution in [3.05, 3.63) is 53.3 Å². The van der Waals surface area contributed by atoms with Crippen LogP contribution in [0.2, 0.25) is 0 Å². The number of carbonyl (C=O) groups excluding carboxylic acids is 1. The molecule has 0 saturated heterocycles. The number of aromatic nitrogens is 1. The molecule has 4 nitrogen and oxygen atoms in total. The van der Waals surface area contributed by atoms with Gasteiger partial charge in [-0.25, -0.2) is 0 Å². The van der Waals surface area contributed by atoms with E-state index in [0.717, 1.165) is 17.8 Å². The van der Waals surface area contributed by atoms with E-state index in [1.54, 1.807) is 12.3 Å². The molecule has 0 aliphatic rings. The maximum Gasteiger partial charge on any atom is 0.270 e. The quantitative estimate of drug-likeness (QED) is 0.878. The Bertz CT molecular complexity index is 667. The number of pyridine rings is 1. The van der Waals surface area contributed by atoms with Gasteiger partial charge in [0, 0.05) is 23.6 Å². The molecule has 0 aliphatic carbocycles. The van der Waals surface area contributed by atoms with Gasteiger partial charge in [0.25, 0.3) is 5.91 Å². The first-order valence-electron chi connectivity index (χ1n) is 7.60. The normalized spacial score (nSPS) is 11.8. The zero-order chi connectivity index (χ0) is 16.1. The molecule has 0 bridgehead atoms. The topological polar surface area (TPSA) is 54.0 Å². The lowest BCUT2D eigenvalue weighted by Gasteiger charge is -2.12. The monoisotopic (exact) mass is 297 g/mol. The number of hydrogen-bond donors (Lipinski definition) is 2. The molecule has 1 atom stereocenters. The van der Waals surface area contributed by atoms with Crippen LogP contribution >= 0.6 is 0 Å². The van der Waals surface area contributed by atoms with Crippen molar-refractivity contribution in [1.29, 1.82) is 0 Å². The van der Waals surface area contributed by atoms with Crippen molar-refractivity contribution in [3.63, 3.8) is 0 Å². The van der Waals surface area contributed by atoms with Crippen LogP contribution in [0.5, 0.6) is 0 Å². The van der Waals surface area contributed by atoms with Crippen LogP contribution in [0.3, 0.4) is 0 Å². The number of benzene rings is 1. The van der Waals surface area contributed by atoms with Crippen molar-refractivity contribution in [2.24, 2.45) is 0 Å². The van der Waals surface area contributed by atoms with Crippen LogP contribution in [0.15, 0.2) is 36.5 Å². The minimum Gasteiger partial charge on any atom is -0.355 e. The molecule has 0 radical (unpaired) electrons. The predicted molar refractivity (Wildman–Crippen MR) is 90.7 cm³/mol. The number of hydrogen-bond acceptors (Lipinski definition) is 3. The number of anilines is 2. The van der Waals surface area contributed by atoms with E-state index in [1.807, 2.05) is 26.0 Å². The molecule has 1 heterocycles. The maximum atomic E-state index is 12.1. The summed E-state index contributed by atoms with van der Waals surface area (Å²) in [4.78, 5) is 16.3. The van der Waals surface area contributed by atoms with Crippen molar-refractivity contribution < 1.29 is 4.79 Å². The molecule has 2 aromatic rings. The fourth-order valence-corrected chi connectivity index (χ4v) is 2.02. The van der Waals surface area contributed by atoms with Gasteiger partial charge in [-0.2, -0.15) is 0 Å². The third-order valence-corrected chi connectivity index (χ3v) is 3.78. The predicted octanol–water partition coefficient (Wildman–Crippen LogP) is 3.97. The van der Waals surface area contributed by atoms with E-state index < -0.39 is 0 Å². The highest BCUT2D eigenvalue weighted by Crippen LogP contribution is 2.19. The van der Waals surface area contributed by atoms with Crippen molar-refractivity contribution in [2.45, 2.75) is 40.2 Å². The van der Waals surface area contributed by atoms with Gasteiger partial charge in [0.05, 0.1) is 0 Å². The standard InChI is InChI=1S/C18H23N3O/c1-5-14(4)20-18(22)17-11-16(8-9-19-17)21-15-7-6-12(2)13(3)10-15/h6-11,14H,5H2,1-4H3,(H,19,21)(H,20,22). The largest absolute Gasteiger partial charge is 0.355 e. The van der Waals surface area contributed by atoms with Crippen molar-refractivity contribution in [3.8, 4) is 0 Å². The highest BCUT2D eigenvalue weighted by Gasteiger charge is 2.10. The Morgan fingerprint density at radius 2 is 1.86 bits per heavy atom. The van der Waals surface area contributed by atoms with Crippen LogP contribution < -0.4 is 10.6 Å². The zero-order valence-electron chi connectivity index (χ0n) is 13.6. The van der Waals surface area contributed by atoms with Gasteiger partial charge in [-0.1, -0.05) is 13.0 Å². The fourth-order valence-electron chi connectivity index (χ4n) is 2.02. The minimum atomic E-state index is -0.141. The first kappa shape index (κ1) is 16.0. The van der Waals surface area contributed by atoms with Crippen LogP contribution in [0.1, 0.15) is 41.9 Å². The van der Waals surface area contributed by atoms with E-state index >= 15 is 0 Å². The average Bonchev–Trinajstić information content (AvgIpc) is 2.51. The summed E-state index contributed by atoms with van der Waals surface area (Å²) in [5.74, 6) is -0.141. The second kappa shape index (κ2) is 7.07. The van der Waals surface area contributed by atoms with Gasteiger partial charge in [0.15, 0.2) is 0 Å². The summed E-state index contributed by atoms with van der Waals surface area (Å²) < 4.78 is 0. The van der Waals surface area contributed by atoms with Crippen LogP contribution in [0, 0.1) is 13.8 Å². The van der Waals surface area contributed by atoms with E-state index in [9.17, 15) is 4.79 Å². The second-order valence-corrected chi connectivity index (χ2v) is 5.64. The molecule has 0 saturated carbocycles. The molecule has 116 valence electrons. The summed E-state index contributed by atoms with van der Waals surface area (Å²) in [6.45, 7) is 8.19.